The van der Waals surface area contributed by atoms with E-state index >= 15 is 0 Å². The zero-order chi connectivity index (χ0) is 15.8. The minimum atomic E-state index is -0.190. The minimum Gasteiger partial charge on any atom is -0.450 e. The zero-order valence-electron chi connectivity index (χ0n) is 13.3. The van der Waals surface area contributed by atoms with Gasteiger partial charge in [-0.05, 0) is 43.9 Å². The number of nitrogens with one attached hydrogen (secondary N) is 1. The Hall–Kier alpha value is -1.59. The van der Waals surface area contributed by atoms with Crippen LogP contribution in [0.15, 0.2) is 24.3 Å². The number of hydrogen-bond donors (Lipinski definition) is 2. The molecule has 0 bridgehead atoms. The fourth-order valence-corrected chi connectivity index (χ4v) is 2.71. The number of nitrogens with zero attached hydrogens (tertiary/aromatic N) is 1. The van der Waals surface area contributed by atoms with Crippen LogP contribution in [-0.4, -0.2) is 48.4 Å². The van der Waals surface area contributed by atoms with E-state index in [0.717, 1.165) is 44.5 Å². The molecule has 122 valence electrons. The van der Waals surface area contributed by atoms with Crippen LogP contribution in [0.5, 0.6) is 0 Å². The maximum Gasteiger partial charge on any atom is 0.409 e. The van der Waals surface area contributed by atoms with Crippen molar-refractivity contribution >= 4 is 6.09 Å². The number of likely N-dealkylation sites (tertiary alicyclic amines) is 1. The summed E-state index contributed by atoms with van der Waals surface area (Å²) in [6, 6.07) is 8.54. The number of aliphatic hydroxyl groups is 1. The average Bonchev–Trinajstić information content (AvgIpc) is 2.56. The summed E-state index contributed by atoms with van der Waals surface area (Å²) >= 11 is 0. The number of piperidine rings is 1. The topological polar surface area (TPSA) is 61.8 Å². The number of carbonyl (C=O) groups is 1. The van der Waals surface area contributed by atoms with E-state index in [2.05, 4.69) is 17.4 Å². The molecular formula is C17H26N2O3. The molecule has 0 radical (unpaired) electrons. The Morgan fingerprint density at radius 1 is 1.27 bits per heavy atom. The van der Waals surface area contributed by atoms with E-state index in [9.17, 15) is 4.79 Å². The van der Waals surface area contributed by atoms with Crippen LogP contribution in [0.2, 0.25) is 0 Å². The Morgan fingerprint density at radius 2 is 1.91 bits per heavy atom. The SMILES string of the molecule is CCOC(=O)N1CCC(NCCc2ccc(CO)cc2)CC1. The van der Waals surface area contributed by atoms with Crippen molar-refractivity contribution < 1.29 is 14.6 Å². The van der Waals surface area contributed by atoms with E-state index in [1.54, 1.807) is 4.90 Å². The highest BCUT2D eigenvalue weighted by Gasteiger charge is 2.22. The van der Waals surface area contributed by atoms with Crippen LogP contribution in [0.25, 0.3) is 0 Å². The highest BCUT2D eigenvalue weighted by molar-refractivity contribution is 5.67. The first-order chi connectivity index (χ1) is 10.7. The van der Waals surface area contributed by atoms with E-state index in [-0.39, 0.29) is 12.7 Å². The normalized spacial score (nSPS) is 15.8. The van der Waals surface area contributed by atoms with Crippen molar-refractivity contribution in [2.45, 2.75) is 38.8 Å². The molecule has 1 aliphatic heterocycles. The van der Waals surface area contributed by atoms with Crippen molar-refractivity contribution in [2.75, 3.05) is 26.2 Å². The lowest BCUT2D eigenvalue weighted by atomic mass is 10.0. The molecule has 1 aliphatic rings. The van der Waals surface area contributed by atoms with E-state index < -0.39 is 0 Å². The molecule has 1 aromatic rings. The zero-order valence-corrected chi connectivity index (χ0v) is 13.3. The summed E-state index contributed by atoms with van der Waals surface area (Å²) in [4.78, 5) is 13.4. The van der Waals surface area contributed by atoms with Crippen LogP contribution in [0.4, 0.5) is 4.79 Å². The highest BCUT2D eigenvalue weighted by atomic mass is 16.6. The Morgan fingerprint density at radius 3 is 2.50 bits per heavy atom. The van der Waals surface area contributed by atoms with Gasteiger partial charge in [-0.25, -0.2) is 4.79 Å². The van der Waals surface area contributed by atoms with E-state index in [0.29, 0.717) is 12.6 Å². The molecule has 1 amide bonds. The molecule has 2 rings (SSSR count). The predicted molar refractivity (Wildman–Crippen MR) is 85.7 cm³/mol. The third kappa shape index (κ3) is 5.00. The quantitative estimate of drug-likeness (QED) is 0.843. The van der Waals surface area contributed by atoms with Gasteiger partial charge in [-0.1, -0.05) is 24.3 Å². The first kappa shape index (κ1) is 16.8. The molecule has 22 heavy (non-hydrogen) atoms. The van der Waals surface area contributed by atoms with Crippen LogP contribution in [-0.2, 0) is 17.8 Å². The summed E-state index contributed by atoms with van der Waals surface area (Å²) in [7, 11) is 0. The monoisotopic (exact) mass is 306 g/mol. The molecule has 0 atom stereocenters. The summed E-state index contributed by atoms with van der Waals surface area (Å²) in [6.07, 6.45) is 2.74. The molecule has 0 unspecified atom stereocenters. The summed E-state index contributed by atoms with van der Waals surface area (Å²) in [5.41, 5.74) is 2.22. The first-order valence-corrected chi connectivity index (χ1v) is 8.06. The number of benzene rings is 1. The Bertz CT molecular complexity index is 453. The van der Waals surface area contributed by atoms with Crippen molar-refractivity contribution in [3.63, 3.8) is 0 Å². The van der Waals surface area contributed by atoms with Crippen molar-refractivity contribution in [3.8, 4) is 0 Å². The van der Waals surface area contributed by atoms with Gasteiger partial charge in [0.15, 0.2) is 0 Å². The van der Waals surface area contributed by atoms with Crippen molar-refractivity contribution in [1.82, 2.24) is 10.2 Å². The molecule has 0 aliphatic carbocycles. The third-order valence-electron chi connectivity index (χ3n) is 4.07. The summed E-state index contributed by atoms with van der Waals surface area (Å²) < 4.78 is 5.02. The van der Waals surface area contributed by atoms with Crippen LogP contribution in [0.1, 0.15) is 30.9 Å². The third-order valence-corrected chi connectivity index (χ3v) is 4.07. The Balaban J connectivity index is 1.65. The van der Waals surface area contributed by atoms with Gasteiger partial charge in [-0.15, -0.1) is 0 Å². The van der Waals surface area contributed by atoms with Crippen molar-refractivity contribution in [3.05, 3.63) is 35.4 Å². The summed E-state index contributed by atoms with van der Waals surface area (Å²) in [5.74, 6) is 0. The molecule has 0 aromatic heterocycles. The van der Waals surface area contributed by atoms with Gasteiger partial charge in [-0.2, -0.15) is 0 Å². The van der Waals surface area contributed by atoms with Crippen LogP contribution >= 0.6 is 0 Å². The molecule has 0 saturated carbocycles. The average molecular weight is 306 g/mol. The molecule has 1 fully saturated rings. The van der Waals surface area contributed by atoms with E-state index in [1.165, 1.54) is 5.56 Å². The first-order valence-electron chi connectivity index (χ1n) is 8.06. The highest BCUT2D eigenvalue weighted by Crippen LogP contribution is 2.12. The fourth-order valence-electron chi connectivity index (χ4n) is 2.71. The number of amides is 1. The Kier molecular flexibility index (Phi) is 6.68. The van der Waals surface area contributed by atoms with Crippen LogP contribution in [0, 0.1) is 0 Å². The number of aliphatic hydroxyl groups excluding tert-OH is 1. The maximum absolute atomic E-state index is 11.6. The lowest BCUT2D eigenvalue weighted by Crippen LogP contribution is -2.45. The number of rotatable bonds is 6. The van der Waals surface area contributed by atoms with Gasteiger partial charge in [0.05, 0.1) is 13.2 Å². The molecule has 1 aromatic carbocycles. The lowest BCUT2D eigenvalue weighted by Gasteiger charge is -2.31. The van der Waals surface area contributed by atoms with Crippen LogP contribution in [0.3, 0.4) is 0 Å². The molecule has 0 spiro atoms. The molecule has 1 heterocycles. The van der Waals surface area contributed by atoms with E-state index in [1.807, 2.05) is 19.1 Å². The van der Waals surface area contributed by atoms with Gasteiger partial charge < -0.3 is 20.1 Å². The van der Waals surface area contributed by atoms with Crippen molar-refractivity contribution in [1.29, 1.82) is 0 Å². The number of hydrogen-bond acceptors (Lipinski definition) is 4. The standard InChI is InChI=1S/C17H26N2O3/c1-2-22-17(21)19-11-8-16(9-12-19)18-10-7-14-3-5-15(13-20)6-4-14/h3-6,16,18,20H,2,7-13H2,1H3. The maximum atomic E-state index is 11.6. The molecule has 5 heteroatoms. The number of ether oxygens (including phenoxy) is 1. The largest absolute Gasteiger partial charge is 0.450 e. The van der Waals surface area contributed by atoms with Crippen LogP contribution < -0.4 is 5.32 Å². The van der Waals surface area contributed by atoms with E-state index in [4.69, 9.17) is 9.84 Å². The van der Waals surface area contributed by atoms with Gasteiger partial charge in [0.2, 0.25) is 0 Å². The summed E-state index contributed by atoms with van der Waals surface area (Å²) in [5, 5.41) is 12.6. The Labute approximate surface area is 132 Å². The predicted octanol–water partition coefficient (Wildman–Crippen LogP) is 1.93. The molecule has 2 N–H and O–H groups in total. The van der Waals surface area contributed by atoms with Gasteiger partial charge in [0, 0.05) is 19.1 Å². The second-order valence-corrected chi connectivity index (χ2v) is 5.64. The lowest BCUT2D eigenvalue weighted by molar-refractivity contribution is 0.0952. The second-order valence-electron chi connectivity index (χ2n) is 5.64. The van der Waals surface area contributed by atoms with Gasteiger partial charge in [-0.3, -0.25) is 0 Å². The van der Waals surface area contributed by atoms with Gasteiger partial charge in [0.25, 0.3) is 0 Å². The van der Waals surface area contributed by atoms with Gasteiger partial charge >= 0.3 is 6.09 Å². The fraction of sp³-hybridized carbons (Fsp3) is 0.588. The smallest absolute Gasteiger partial charge is 0.409 e. The summed E-state index contributed by atoms with van der Waals surface area (Å²) in [6.45, 7) is 4.83. The van der Waals surface area contributed by atoms with Gasteiger partial charge in [0.1, 0.15) is 0 Å². The number of carbonyl (C=O) groups excluding carboxylic acids is 1. The second kappa shape index (κ2) is 8.76. The minimum absolute atomic E-state index is 0.0948. The van der Waals surface area contributed by atoms with Crippen molar-refractivity contribution in [2.24, 2.45) is 0 Å². The molecular weight excluding hydrogens is 280 g/mol. The molecule has 1 saturated heterocycles. The molecule has 5 nitrogen and oxygen atoms in total.